The minimum Gasteiger partial charge on any atom is -0.280 e. The molecule has 0 fully saturated rings. The van der Waals surface area contributed by atoms with Gasteiger partial charge in [0.15, 0.2) is 0 Å². The van der Waals surface area contributed by atoms with Crippen LogP contribution in [0.3, 0.4) is 0 Å². The monoisotopic (exact) mass is 398 g/mol. The maximum atomic E-state index is 12.7. The van der Waals surface area contributed by atoms with Crippen LogP contribution >= 0.6 is 11.3 Å². The van der Waals surface area contributed by atoms with Gasteiger partial charge in [0.05, 0.1) is 9.77 Å². The van der Waals surface area contributed by atoms with Crippen LogP contribution in [-0.2, 0) is 27.1 Å². The number of thiophene rings is 1. The maximum Gasteiger partial charge on any atom is 0.265 e. The summed E-state index contributed by atoms with van der Waals surface area (Å²) in [5, 5.41) is 11.1. The number of rotatable bonds is 5. The average molecular weight is 398 g/mol. The predicted octanol–water partition coefficient (Wildman–Crippen LogP) is 1.60. The molecule has 0 amide bonds. The third-order valence-corrected chi connectivity index (χ3v) is 6.46. The van der Waals surface area contributed by atoms with Gasteiger partial charge >= 0.3 is 0 Å². The standard InChI is InChI=1S/C14H14N4O4S3/c1-18-9-13(14(16-18)12-3-2-8-23-12)25(21,22)17-10-4-6-11(7-5-10)24(15,19)20/h2-9,17H,1H3,(H2,15,19,20). The molecule has 25 heavy (non-hydrogen) atoms. The number of aryl methyl sites for hydroxylation is 1. The Kier molecular flexibility index (Phi) is 4.41. The van der Waals surface area contributed by atoms with Crippen LogP contribution in [-0.4, -0.2) is 26.6 Å². The molecule has 3 aromatic rings. The summed E-state index contributed by atoms with van der Waals surface area (Å²) >= 11 is 1.38. The smallest absolute Gasteiger partial charge is 0.265 e. The highest BCUT2D eigenvalue weighted by Crippen LogP contribution is 2.30. The Labute approximate surface area is 149 Å². The van der Waals surface area contributed by atoms with Gasteiger partial charge in [-0.1, -0.05) is 6.07 Å². The van der Waals surface area contributed by atoms with E-state index in [4.69, 9.17) is 5.14 Å². The molecule has 0 bridgehead atoms. The van der Waals surface area contributed by atoms with Crippen molar-refractivity contribution in [2.75, 3.05) is 4.72 Å². The Morgan fingerprint density at radius 3 is 2.36 bits per heavy atom. The number of benzene rings is 1. The van der Waals surface area contributed by atoms with Crippen LogP contribution in [0.25, 0.3) is 10.6 Å². The first-order valence-corrected chi connectivity index (χ1v) is 10.8. The van der Waals surface area contributed by atoms with E-state index in [0.717, 1.165) is 4.88 Å². The molecule has 0 saturated carbocycles. The van der Waals surface area contributed by atoms with Crippen LogP contribution in [0.1, 0.15) is 0 Å². The van der Waals surface area contributed by atoms with Crippen LogP contribution < -0.4 is 9.86 Å². The molecule has 2 aromatic heterocycles. The highest BCUT2D eigenvalue weighted by molar-refractivity contribution is 7.93. The van der Waals surface area contributed by atoms with Crippen LogP contribution in [0.15, 0.2) is 57.8 Å². The van der Waals surface area contributed by atoms with E-state index in [2.05, 4.69) is 9.82 Å². The molecule has 11 heteroatoms. The van der Waals surface area contributed by atoms with Crippen molar-refractivity contribution in [3.63, 3.8) is 0 Å². The zero-order chi connectivity index (χ0) is 18.2. The second kappa shape index (κ2) is 6.26. The van der Waals surface area contributed by atoms with Gasteiger partial charge in [0, 0.05) is 18.9 Å². The number of nitrogens with one attached hydrogen (secondary N) is 1. The van der Waals surface area contributed by atoms with Gasteiger partial charge < -0.3 is 0 Å². The molecule has 3 N–H and O–H groups in total. The van der Waals surface area contributed by atoms with E-state index in [-0.39, 0.29) is 15.5 Å². The lowest BCUT2D eigenvalue weighted by molar-refractivity contribution is 0.597. The lowest BCUT2D eigenvalue weighted by atomic mass is 10.3. The van der Waals surface area contributed by atoms with Crippen molar-refractivity contribution in [1.29, 1.82) is 0 Å². The maximum absolute atomic E-state index is 12.7. The van der Waals surface area contributed by atoms with E-state index in [9.17, 15) is 16.8 Å². The molecule has 0 aliphatic carbocycles. The fourth-order valence-electron chi connectivity index (χ4n) is 2.17. The van der Waals surface area contributed by atoms with Gasteiger partial charge in [0.2, 0.25) is 10.0 Å². The molecule has 0 atom stereocenters. The van der Waals surface area contributed by atoms with Crippen molar-refractivity contribution in [2.45, 2.75) is 9.79 Å². The molecule has 0 aliphatic heterocycles. The third-order valence-electron chi connectivity index (χ3n) is 3.27. The lowest BCUT2D eigenvalue weighted by Gasteiger charge is -2.08. The molecule has 1 aromatic carbocycles. The lowest BCUT2D eigenvalue weighted by Crippen LogP contribution is -2.14. The summed E-state index contributed by atoms with van der Waals surface area (Å²) in [6.07, 6.45) is 1.41. The van der Waals surface area contributed by atoms with Crippen molar-refractivity contribution in [2.24, 2.45) is 12.2 Å². The van der Waals surface area contributed by atoms with E-state index < -0.39 is 20.0 Å². The number of sulfonamides is 2. The Balaban J connectivity index is 1.96. The third kappa shape index (κ3) is 3.74. The summed E-state index contributed by atoms with van der Waals surface area (Å²) in [4.78, 5) is 0.662. The number of nitrogens with zero attached hydrogens (tertiary/aromatic N) is 2. The Morgan fingerprint density at radius 2 is 1.80 bits per heavy atom. The summed E-state index contributed by atoms with van der Waals surface area (Å²) in [6, 6.07) is 8.72. The zero-order valence-corrected chi connectivity index (χ0v) is 15.4. The summed E-state index contributed by atoms with van der Waals surface area (Å²) in [7, 11) is -6.11. The topological polar surface area (TPSA) is 124 Å². The van der Waals surface area contributed by atoms with E-state index in [1.807, 2.05) is 11.4 Å². The zero-order valence-electron chi connectivity index (χ0n) is 12.9. The Hall–Kier alpha value is -2.21. The molecule has 132 valence electrons. The van der Waals surface area contributed by atoms with Gasteiger partial charge in [0.1, 0.15) is 10.6 Å². The number of hydrogen-bond acceptors (Lipinski definition) is 6. The summed E-state index contributed by atoms with van der Waals surface area (Å²) in [6.45, 7) is 0. The first-order chi connectivity index (χ1) is 11.7. The van der Waals surface area contributed by atoms with Gasteiger partial charge in [0.25, 0.3) is 10.0 Å². The van der Waals surface area contributed by atoms with Crippen molar-refractivity contribution in [3.05, 3.63) is 48.0 Å². The largest absolute Gasteiger partial charge is 0.280 e. The summed E-state index contributed by atoms with van der Waals surface area (Å²) in [5.41, 5.74) is 0.569. The molecular weight excluding hydrogens is 384 g/mol. The van der Waals surface area contributed by atoms with Crippen molar-refractivity contribution in [1.82, 2.24) is 9.78 Å². The molecule has 8 nitrogen and oxygen atoms in total. The van der Waals surface area contributed by atoms with E-state index in [1.165, 1.54) is 46.5 Å². The quantitative estimate of drug-likeness (QED) is 0.675. The summed E-state index contributed by atoms with van der Waals surface area (Å²) in [5.74, 6) is 0. The minimum absolute atomic E-state index is 0.0352. The van der Waals surface area contributed by atoms with Crippen molar-refractivity contribution < 1.29 is 16.8 Å². The van der Waals surface area contributed by atoms with Crippen molar-refractivity contribution >= 4 is 37.1 Å². The number of hydrogen-bond donors (Lipinski definition) is 2. The summed E-state index contributed by atoms with van der Waals surface area (Å²) < 4.78 is 51.8. The molecule has 0 unspecified atom stereocenters. The number of aromatic nitrogens is 2. The molecule has 0 aliphatic rings. The van der Waals surface area contributed by atoms with Gasteiger partial charge in [-0.05, 0) is 35.7 Å². The first kappa shape index (κ1) is 17.6. The minimum atomic E-state index is -3.90. The van der Waals surface area contributed by atoms with Gasteiger partial charge in [-0.25, -0.2) is 22.0 Å². The van der Waals surface area contributed by atoms with Gasteiger partial charge in [-0.15, -0.1) is 11.3 Å². The number of anilines is 1. The average Bonchev–Trinajstić information content (AvgIpc) is 3.15. The van der Waals surface area contributed by atoms with Gasteiger partial charge in [-0.3, -0.25) is 9.40 Å². The van der Waals surface area contributed by atoms with Crippen molar-refractivity contribution in [3.8, 4) is 10.6 Å². The Morgan fingerprint density at radius 1 is 1.12 bits per heavy atom. The normalized spacial score (nSPS) is 12.2. The van der Waals surface area contributed by atoms with E-state index >= 15 is 0 Å². The highest BCUT2D eigenvalue weighted by atomic mass is 32.2. The van der Waals surface area contributed by atoms with E-state index in [0.29, 0.717) is 5.69 Å². The molecule has 3 rings (SSSR count). The SMILES string of the molecule is Cn1cc(S(=O)(=O)Nc2ccc(S(N)(=O)=O)cc2)c(-c2cccs2)n1. The highest BCUT2D eigenvalue weighted by Gasteiger charge is 2.24. The predicted molar refractivity (Wildman–Crippen MR) is 95.1 cm³/mol. The second-order valence-corrected chi connectivity index (χ2v) is 9.33. The first-order valence-electron chi connectivity index (χ1n) is 6.90. The molecule has 0 spiro atoms. The van der Waals surface area contributed by atoms with Crippen LogP contribution in [0.5, 0.6) is 0 Å². The van der Waals surface area contributed by atoms with Crippen LogP contribution in [0, 0.1) is 0 Å². The molecule has 2 heterocycles. The fourth-order valence-corrected chi connectivity index (χ4v) is 4.73. The molecule has 0 saturated heterocycles. The van der Waals surface area contributed by atoms with Crippen LogP contribution in [0.4, 0.5) is 5.69 Å². The Bertz CT molecular complexity index is 1100. The molecule has 0 radical (unpaired) electrons. The fraction of sp³-hybridized carbons (Fsp3) is 0.0714. The number of nitrogens with two attached hydrogens (primary N) is 1. The van der Waals surface area contributed by atoms with Gasteiger partial charge in [-0.2, -0.15) is 5.10 Å². The van der Waals surface area contributed by atoms with E-state index in [1.54, 1.807) is 13.1 Å². The van der Waals surface area contributed by atoms with Crippen LogP contribution in [0.2, 0.25) is 0 Å². The molecular formula is C14H14N4O4S3. The second-order valence-electron chi connectivity index (χ2n) is 5.17. The number of primary sulfonamides is 1.